The van der Waals surface area contributed by atoms with Crippen molar-refractivity contribution in [1.82, 2.24) is 14.9 Å². The lowest BCUT2D eigenvalue weighted by atomic mass is 10.1. The minimum Gasteiger partial charge on any atom is -0.356 e. The van der Waals surface area contributed by atoms with Crippen LogP contribution in [0.2, 0.25) is 5.15 Å². The molecular formula is C17H19ClN4. The van der Waals surface area contributed by atoms with E-state index < -0.39 is 0 Å². The van der Waals surface area contributed by atoms with Gasteiger partial charge in [-0.1, -0.05) is 23.7 Å². The molecule has 5 heteroatoms. The quantitative estimate of drug-likeness (QED) is 0.813. The molecule has 114 valence electrons. The van der Waals surface area contributed by atoms with Crippen LogP contribution in [0.15, 0.2) is 41.7 Å². The number of pyridine rings is 2. The van der Waals surface area contributed by atoms with E-state index in [1.165, 1.54) is 5.56 Å². The van der Waals surface area contributed by atoms with Crippen LogP contribution in [-0.2, 0) is 13.0 Å². The van der Waals surface area contributed by atoms with Gasteiger partial charge >= 0.3 is 0 Å². The fourth-order valence-electron chi connectivity index (χ4n) is 2.54. The molecule has 3 rings (SSSR count). The third-order valence-corrected chi connectivity index (χ3v) is 3.97. The molecule has 0 aromatic carbocycles. The summed E-state index contributed by atoms with van der Waals surface area (Å²) >= 11 is 5.84. The summed E-state index contributed by atoms with van der Waals surface area (Å²) in [5, 5.41) is 0.525. The van der Waals surface area contributed by atoms with Crippen molar-refractivity contribution in [2.24, 2.45) is 4.99 Å². The van der Waals surface area contributed by atoms with Crippen molar-refractivity contribution in [2.45, 2.75) is 26.3 Å². The first-order valence-electron chi connectivity index (χ1n) is 7.51. The van der Waals surface area contributed by atoms with Gasteiger partial charge in [0.2, 0.25) is 0 Å². The molecule has 1 aliphatic rings. The summed E-state index contributed by atoms with van der Waals surface area (Å²) in [6, 6.07) is 8.03. The summed E-state index contributed by atoms with van der Waals surface area (Å²) in [5.74, 6) is 1.12. The zero-order chi connectivity index (χ0) is 15.4. The average molecular weight is 315 g/mol. The van der Waals surface area contributed by atoms with Crippen molar-refractivity contribution >= 4 is 17.4 Å². The van der Waals surface area contributed by atoms with Crippen molar-refractivity contribution in [3.05, 3.63) is 58.6 Å². The maximum absolute atomic E-state index is 5.84. The molecular weight excluding hydrogens is 296 g/mol. The van der Waals surface area contributed by atoms with Crippen molar-refractivity contribution in [3.63, 3.8) is 0 Å². The number of hydrogen-bond acceptors (Lipinski definition) is 4. The summed E-state index contributed by atoms with van der Waals surface area (Å²) in [7, 11) is 0. The van der Waals surface area contributed by atoms with E-state index in [0.717, 1.165) is 49.6 Å². The molecule has 0 N–H and O–H groups in total. The highest BCUT2D eigenvalue weighted by molar-refractivity contribution is 6.29. The summed E-state index contributed by atoms with van der Waals surface area (Å²) in [6.45, 7) is 4.80. The molecule has 0 amide bonds. The van der Waals surface area contributed by atoms with Crippen molar-refractivity contribution in [1.29, 1.82) is 0 Å². The van der Waals surface area contributed by atoms with Crippen molar-refractivity contribution in [3.8, 4) is 0 Å². The number of hydrogen-bond donors (Lipinski definition) is 0. The molecule has 0 unspecified atom stereocenters. The Bertz CT molecular complexity index is 649. The van der Waals surface area contributed by atoms with Crippen LogP contribution in [0.5, 0.6) is 0 Å². The minimum atomic E-state index is 0.525. The zero-order valence-corrected chi connectivity index (χ0v) is 13.4. The first-order valence-corrected chi connectivity index (χ1v) is 7.89. The molecule has 0 aliphatic carbocycles. The van der Waals surface area contributed by atoms with Gasteiger partial charge in [-0.15, -0.1) is 0 Å². The van der Waals surface area contributed by atoms with E-state index in [2.05, 4.69) is 27.0 Å². The van der Waals surface area contributed by atoms with Gasteiger partial charge in [0.15, 0.2) is 0 Å². The van der Waals surface area contributed by atoms with Crippen LogP contribution in [0.25, 0.3) is 0 Å². The van der Waals surface area contributed by atoms with Gasteiger partial charge in [0.25, 0.3) is 0 Å². The van der Waals surface area contributed by atoms with Gasteiger partial charge in [-0.3, -0.25) is 9.98 Å². The molecule has 1 aliphatic heterocycles. The first kappa shape index (κ1) is 15.0. The maximum Gasteiger partial charge on any atom is 0.129 e. The molecule has 22 heavy (non-hydrogen) atoms. The SMILES string of the molecule is Cc1ccc(CN2CCCN=C2Cc2ccc(Cl)nc2)cn1. The van der Waals surface area contributed by atoms with E-state index in [4.69, 9.17) is 16.6 Å². The van der Waals surface area contributed by atoms with E-state index in [0.29, 0.717) is 5.15 Å². The zero-order valence-electron chi connectivity index (χ0n) is 12.7. The van der Waals surface area contributed by atoms with Crippen LogP contribution in [0.4, 0.5) is 0 Å². The van der Waals surface area contributed by atoms with Gasteiger partial charge in [-0.2, -0.15) is 0 Å². The number of amidine groups is 1. The van der Waals surface area contributed by atoms with E-state index in [1.54, 1.807) is 0 Å². The highest BCUT2D eigenvalue weighted by atomic mass is 35.5. The van der Waals surface area contributed by atoms with Gasteiger partial charge in [0.05, 0.1) is 0 Å². The second-order valence-corrected chi connectivity index (χ2v) is 5.93. The molecule has 4 nitrogen and oxygen atoms in total. The van der Waals surface area contributed by atoms with Crippen molar-refractivity contribution < 1.29 is 0 Å². The normalized spacial score (nSPS) is 14.8. The van der Waals surface area contributed by atoms with Gasteiger partial charge < -0.3 is 4.90 Å². The number of nitrogens with zero attached hydrogens (tertiary/aromatic N) is 4. The van der Waals surface area contributed by atoms with Crippen LogP contribution in [0.1, 0.15) is 23.2 Å². The average Bonchev–Trinajstić information content (AvgIpc) is 2.54. The highest BCUT2D eigenvalue weighted by Gasteiger charge is 2.16. The van der Waals surface area contributed by atoms with Crippen LogP contribution >= 0.6 is 11.6 Å². The first-order chi connectivity index (χ1) is 10.7. The Balaban J connectivity index is 1.72. The molecule has 0 saturated carbocycles. The standard InChI is InChI=1S/C17H19ClN4/c1-13-3-4-15(11-20-13)12-22-8-2-7-19-17(22)9-14-5-6-16(18)21-10-14/h3-6,10-11H,2,7-9,12H2,1H3. The maximum atomic E-state index is 5.84. The Kier molecular flexibility index (Phi) is 4.68. The second-order valence-electron chi connectivity index (χ2n) is 5.55. The molecule has 2 aromatic rings. The summed E-state index contributed by atoms with van der Waals surface area (Å²) in [6.07, 6.45) is 5.67. The Morgan fingerprint density at radius 3 is 2.64 bits per heavy atom. The van der Waals surface area contributed by atoms with E-state index in [1.807, 2.05) is 31.5 Å². The van der Waals surface area contributed by atoms with Gasteiger partial charge in [0, 0.05) is 44.1 Å². The minimum absolute atomic E-state index is 0.525. The van der Waals surface area contributed by atoms with E-state index >= 15 is 0 Å². The van der Waals surface area contributed by atoms with Gasteiger partial charge in [-0.25, -0.2) is 4.98 Å². The Morgan fingerprint density at radius 2 is 1.91 bits per heavy atom. The Labute approximate surface area is 135 Å². The van der Waals surface area contributed by atoms with Crippen LogP contribution in [0, 0.1) is 6.92 Å². The fraction of sp³-hybridized carbons (Fsp3) is 0.353. The number of aliphatic imine (C=N–C) groups is 1. The highest BCUT2D eigenvalue weighted by Crippen LogP contribution is 2.14. The van der Waals surface area contributed by atoms with Crippen LogP contribution in [-0.4, -0.2) is 33.8 Å². The van der Waals surface area contributed by atoms with Crippen molar-refractivity contribution in [2.75, 3.05) is 13.1 Å². The lowest BCUT2D eigenvalue weighted by Crippen LogP contribution is -2.36. The number of rotatable bonds is 4. The molecule has 0 radical (unpaired) electrons. The smallest absolute Gasteiger partial charge is 0.129 e. The van der Waals surface area contributed by atoms with Gasteiger partial charge in [-0.05, 0) is 36.6 Å². The Hall–Kier alpha value is -1.94. The number of aromatic nitrogens is 2. The molecule has 0 saturated heterocycles. The third-order valence-electron chi connectivity index (χ3n) is 3.74. The lowest BCUT2D eigenvalue weighted by Gasteiger charge is -2.29. The Morgan fingerprint density at radius 1 is 1.09 bits per heavy atom. The molecule has 0 spiro atoms. The summed E-state index contributed by atoms with van der Waals surface area (Å²) in [4.78, 5) is 15.6. The topological polar surface area (TPSA) is 41.4 Å². The predicted octanol–water partition coefficient (Wildman–Crippen LogP) is 3.29. The monoisotopic (exact) mass is 314 g/mol. The number of aryl methyl sites for hydroxylation is 1. The van der Waals surface area contributed by atoms with E-state index in [9.17, 15) is 0 Å². The van der Waals surface area contributed by atoms with E-state index in [-0.39, 0.29) is 0 Å². The largest absolute Gasteiger partial charge is 0.356 e. The molecule has 0 atom stereocenters. The summed E-state index contributed by atoms with van der Waals surface area (Å²) in [5.41, 5.74) is 3.40. The number of halogens is 1. The lowest BCUT2D eigenvalue weighted by molar-refractivity contribution is 0.381. The molecule has 2 aromatic heterocycles. The second kappa shape index (κ2) is 6.88. The van der Waals surface area contributed by atoms with Crippen LogP contribution in [0.3, 0.4) is 0 Å². The summed E-state index contributed by atoms with van der Waals surface area (Å²) < 4.78 is 0. The molecule has 3 heterocycles. The molecule has 0 fully saturated rings. The predicted molar refractivity (Wildman–Crippen MR) is 89.3 cm³/mol. The fourth-order valence-corrected chi connectivity index (χ4v) is 2.65. The van der Waals surface area contributed by atoms with Gasteiger partial charge in [0.1, 0.15) is 11.0 Å². The van der Waals surface area contributed by atoms with Crippen LogP contribution < -0.4 is 0 Å². The third kappa shape index (κ3) is 3.83. The molecule has 0 bridgehead atoms.